The molecule has 0 fully saturated rings. The van der Waals surface area contributed by atoms with Gasteiger partial charge in [0.15, 0.2) is 5.52 Å². The summed E-state index contributed by atoms with van der Waals surface area (Å²) < 4.78 is 1.85. The van der Waals surface area contributed by atoms with Crippen molar-refractivity contribution in [3.8, 4) is 0 Å². The maximum atomic E-state index is 11.3. The fourth-order valence-corrected chi connectivity index (χ4v) is 3.25. The number of fused-ring (bicyclic) bond motifs is 1. The largest absolute Gasteiger partial charge is 0.488 e. The van der Waals surface area contributed by atoms with Crippen LogP contribution in [0.5, 0.6) is 0 Å². The number of imidazole rings is 1. The van der Waals surface area contributed by atoms with E-state index in [1.807, 2.05) is 4.57 Å². The zero-order valence-electron chi connectivity index (χ0n) is 13.7. The van der Waals surface area contributed by atoms with E-state index >= 15 is 0 Å². The predicted octanol–water partition coefficient (Wildman–Crippen LogP) is 2.48. The molecule has 0 amide bonds. The highest BCUT2D eigenvalue weighted by Crippen LogP contribution is 2.38. The van der Waals surface area contributed by atoms with Crippen LogP contribution < -0.4 is 5.46 Å². The Balaban J connectivity index is 1.95. The highest BCUT2D eigenvalue weighted by molar-refractivity contribution is 6.58. The number of nitro groups is 1. The predicted molar refractivity (Wildman–Crippen MR) is 101 cm³/mol. The molecular formula is C16H14BCl2N3O4. The first-order chi connectivity index (χ1) is 12.3. The number of benzene rings is 2. The molecule has 0 spiro atoms. The SMILES string of the molecule is Cc1nc2c([N+](=O)[O-])c(Cl)c(Cl)cc2n1CCc1ccc(B(O)O)cc1. The van der Waals surface area contributed by atoms with Crippen molar-refractivity contribution < 1.29 is 15.0 Å². The third kappa shape index (κ3) is 3.41. The van der Waals surface area contributed by atoms with Gasteiger partial charge in [-0.3, -0.25) is 10.1 Å². The molecule has 0 radical (unpaired) electrons. The van der Waals surface area contributed by atoms with Gasteiger partial charge in [0.2, 0.25) is 0 Å². The van der Waals surface area contributed by atoms with Gasteiger partial charge in [0, 0.05) is 6.54 Å². The molecule has 2 aromatic carbocycles. The summed E-state index contributed by atoms with van der Waals surface area (Å²) in [6.07, 6.45) is 0.627. The van der Waals surface area contributed by atoms with Gasteiger partial charge in [-0.15, -0.1) is 0 Å². The minimum absolute atomic E-state index is 0.105. The monoisotopic (exact) mass is 393 g/mol. The molecule has 7 nitrogen and oxygen atoms in total. The summed E-state index contributed by atoms with van der Waals surface area (Å²) in [6.45, 7) is 2.29. The molecule has 0 saturated heterocycles. The van der Waals surface area contributed by atoms with E-state index in [0.29, 0.717) is 29.8 Å². The molecule has 134 valence electrons. The number of halogens is 2. The molecular weight excluding hydrogens is 380 g/mol. The third-order valence-electron chi connectivity index (χ3n) is 4.19. The molecule has 0 atom stereocenters. The van der Waals surface area contributed by atoms with E-state index in [9.17, 15) is 10.1 Å². The Labute approximate surface area is 159 Å². The lowest BCUT2D eigenvalue weighted by Crippen LogP contribution is -2.29. The van der Waals surface area contributed by atoms with Gasteiger partial charge in [-0.2, -0.15) is 0 Å². The van der Waals surface area contributed by atoms with Gasteiger partial charge in [-0.25, -0.2) is 4.98 Å². The summed E-state index contributed by atoms with van der Waals surface area (Å²) >= 11 is 12.0. The summed E-state index contributed by atoms with van der Waals surface area (Å²) in [6, 6.07) is 8.46. The van der Waals surface area contributed by atoms with Crippen molar-refractivity contribution in [2.75, 3.05) is 0 Å². The lowest BCUT2D eigenvalue weighted by Gasteiger charge is -2.08. The Hall–Kier alpha value is -2.13. The first-order valence-electron chi connectivity index (χ1n) is 7.73. The van der Waals surface area contributed by atoms with Crippen molar-refractivity contribution >= 4 is 52.5 Å². The first kappa shape index (κ1) is 18.7. The third-order valence-corrected chi connectivity index (χ3v) is 4.96. The standard InChI is InChI=1S/C16H14BCl2N3O4/c1-9-20-15-13(8-12(18)14(19)16(15)22(25)26)21(9)7-6-10-2-4-11(5-3-10)17(23)24/h2-5,8,23-24H,6-7H2,1H3. The second-order valence-electron chi connectivity index (χ2n) is 5.82. The van der Waals surface area contributed by atoms with Crippen molar-refractivity contribution in [2.45, 2.75) is 19.9 Å². The lowest BCUT2D eigenvalue weighted by atomic mass is 9.80. The molecule has 0 unspecified atom stereocenters. The van der Waals surface area contributed by atoms with Crippen LogP contribution in [0.25, 0.3) is 11.0 Å². The second kappa shape index (κ2) is 7.24. The van der Waals surface area contributed by atoms with Gasteiger partial charge in [-0.05, 0) is 30.4 Å². The molecule has 3 rings (SSSR count). The molecule has 10 heteroatoms. The van der Waals surface area contributed by atoms with Gasteiger partial charge >= 0.3 is 12.8 Å². The Morgan fingerprint density at radius 2 is 1.92 bits per heavy atom. The van der Waals surface area contributed by atoms with Crippen molar-refractivity contribution in [2.24, 2.45) is 0 Å². The molecule has 0 aliphatic carbocycles. The highest BCUT2D eigenvalue weighted by Gasteiger charge is 2.25. The van der Waals surface area contributed by atoms with E-state index in [-0.39, 0.29) is 21.2 Å². The fraction of sp³-hybridized carbons (Fsp3) is 0.188. The Morgan fingerprint density at radius 3 is 2.50 bits per heavy atom. The average Bonchev–Trinajstić information content (AvgIpc) is 2.88. The molecule has 1 aromatic heterocycles. The number of aromatic nitrogens is 2. The van der Waals surface area contributed by atoms with Crippen LogP contribution in [-0.4, -0.2) is 31.6 Å². The molecule has 0 aliphatic heterocycles. The van der Waals surface area contributed by atoms with Crippen molar-refractivity contribution in [1.82, 2.24) is 9.55 Å². The number of aryl methyl sites for hydroxylation is 3. The number of hydrogen-bond acceptors (Lipinski definition) is 5. The molecule has 1 heterocycles. The van der Waals surface area contributed by atoms with Crippen LogP contribution in [0.1, 0.15) is 11.4 Å². The minimum Gasteiger partial charge on any atom is -0.423 e. The number of hydrogen-bond donors (Lipinski definition) is 2. The first-order valence-corrected chi connectivity index (χ1v) is 8.49. The van der Waals surface area contributed by atoms with E-state index in [0.717, 1.165) is 5.56 Å². The average molecular weight is 394 g/mol. The topological polar surface area (TPSA) is 101 Å². The van der Waals surface area contributed by atoms with E-state index < -0.39 is 12.0 Å². The van der Waals surface area contributed by atoms with Gasteiger partial charge < -0.3 is 14.6 Å². The summed E-state index contributed by atoms with van der Waals surface area (Å²) in [5.41, 5.74) is 1.85. The molecule has 26 heavy (non-hydrogen) atoms. The van der Waals surface area contributed by atoms with E-state index in [1.165, 1.54) is 0 Å². The van der Waals surface area contributed by atoms with Crippen LogP contribution in [0.3, 0.4) is 0 Å². The maximum absolute atomic E-state index is 11.3. The zero-order chi connectivity index (χ0) is 19.0. The normalized spacial score (nSPS) is 11.1. The van der Waals surface area contributed by atoms with Crippen LogP contribution in [0, 0.1) is 17.0 Å². The maximum Gasteiger partial charge on any atom is 0.488 e. The Kier molecular flexibility index (Phi) is 5.20. The smallest absolute Gasteiger partial charge is 0.423 e. The van der Waals surface area contributed by atoms with Gasteiger partial charge in [0.1, 0.15) is 10.8 Å². The quantitative estimate of drug-likeness (QED) is 0.394. The fourth-order valence-electron chi connectivity index (χ4n) is 2.85. The van der Waals surface area contributed by atoms with Crippen LogP contribution in [0.15, 0.2) is 30.3 Å². The van der Waals surface area contributed by atoms with Crippen LogP contribution in [0.2, 0.25) is 10.0 Å². The summed E-state index contributed by atoms with van der Waals surface area (Å²) in [5.74, 6) is 0.615. The molecule has 0 bridgehead atoms. The minimum atomic E-state index is -1.50. The van der Waals surface area contributed by atoms with Crippen LogP contribution >= 0.6 is 23.2 Å². The van der Waals surface area contributed by atoms with E-state index in [1.54, 1.807) is 37.3 Å². The number of nitro benzene ring substituents is 1. The van der Waals surface area contributed by atoms with Gasteiger partial charge in [-0.1, -0.05) is 47.5 Å². The van der Waals surface area contributed by atoms with Crippen LogP contribution in [0.4, 0.5) is 5.69 Å². The van der Waals surface area contributed by atoms with Gasteiger partial charge in [0.05, 0.1) is 15.5 Å². The van der Waals surface area contributed by atoms with Crippen molar-refractivity contribution in [1.29, 1.82) is 0 Å². The zero-order valence-corrected chi connectivity index (χ0v) is 15.2. The number of rotatable bonds is 5. The van der Waals surface area contributed by atoms with E-state index in [2.05, 4.69) is 4.98 Å². The second-order valence-corrected chi connectivity index (χ2v) is 6.61. The van der Waals surface area contributed by atoms with Crippen molar-refractivity contribution in [3.05, 3.63) is 61.9 Å². The number of nitrogens with zero attached hydrogens (tertiary/aromatic N) is 3. The summed E-state index contributed by atoms with van der Waals surface area (Å²) in [5, 5.41) is 29.6. The molecule has 0 aliphatic rings. The highest BCUT2D eigenvalue weighted by atomic mass is 35.5. The Morgan fingerprint density at radius 1 is 1.27 bits per heavy atom. The lowest BCUT2D eigenvalue weighted by molar-refractivity contribution is -0.383. The Bertz CT molecular complexity index is 990. The van der Waals surface area contributed by atoms with Gasteiger partial charge in [0.25, 0.3) is 0 Å². The van der Waals surface area contributed by atoms with Crippen molar-refractivity contribution in [3.63, 3.8) is 0 Å². The summed E-state index contributed by atoms with van der Waals surface area (Å²) in [4.78, 5) is 15.1. The molecule has 0 saturated carbocycles. The molecule has 3 aromatic rings. The summed E-state index contributed by atoms with van der Waals surface area (Å²) in [7, 11) is -1.50. The van der Waals surface area contributed by atoms with Crippen LogP contribution in [-0.2, 0) is 13.0 Å². The van der Waals surface area contributed by atoms with E-state index in [4.69, 9.17) is 33.2 Å². The molecule has 2 N–H and O–H groups in total.